The predicted octanol–water partition coefficient (Wildman–Crippen LogP) is 5.61. The number of quaternary nitrogens is 1. The molecule has 0 saturated heterocycles. The Labute approximate surface area is 155 Å². The van der Waals surface area contributed by atoms with Gasteiger partial charge in [0.05, 0.1) is 23.2 Å². The van der Waals surface area contributed by atoms with Crippen LogP contribution >= 0.6 is 22.6 Å². The number of hydrogen-bond donors (Lipinski definition) is 0. The van der Waals surface area contributed by atoms with Crippen molar-refractivity contribution in [3.63, 3.8) is 0 Å². The van der Waals surface area contributed by atoms with Gasteiger partial charge < -0.3 is 4.74 Å². The Morgan fingerprint density at radius 3 is 2.43 bits per heavy atom. The van der Waals surface area contributed by atoms with Gasteiger partial charge in [-0.3, -0.25) is 4.48 Å². The molecule has 3 heteroatoms. The van der Waals surface area contributed by atoms with Gasteiger partial charge in [-0.15, -0.1) is 0 Å². The minimum atomic E-state index is -0.00698. The highest BCUT2D eigenvalue weighted by molar-refractivity contribution is 14.1. The van der Waals surface area contributed by atoms with E-state index < -0.39 is 0 Å². The van der Waals surface area contributed by atoms with Crippen molar-refractivity contribution in [3.05, 3.63) is 26.8 Å². The lowest BCUT2D eigenvalue weighted by molar-refractivity contribution is -0.980. The summed E-state index contributed by atoms with van der Waals surface area (Å²) in [7, 11) is 4.72. The molecule has 0 N–H and O–H groups in total. The van der Waals surface area contributed by atoms with Crippen LogP contribution in [0.4, 0.5) is 0 Å². The summed E-state index contributed by atoms with van der Waals surface area (Å²) in [6, 6.07) is 4.77. The molecule has 1 fully saturated rings. The Hall–Kier alpha value is -0.290. The Kier molecular flexibility index (Phi) is 4.50. The number of hydrogen-bond acceptors (Lipinski definition) is 1. The van der Waals surface area contributed by atoms with Crippen LogP contribution < -0.4 is 4.74 Å². The molecule has 1 aromatic rings. The highest BCUT2D eigenvalue weighted by Crippen LogP contribution is 2.47. The smallest absolute Gasteiger partial charge is 0.243 e. The van der Waals surface area contributed by atoms with E-state index in [4.69, 9.17) is 4.74 Å². The third kappa shape index (κ3) is 2.92. The molecule has 2 nitrogen and oxygen atoms in total. The zero-order valence-electron chi connectivity index (χ0n) is 15.3. The van der Waals surface area contributed by atoms with Gasteiger partial charge in [-0.1, -0.05) is 27.2 Å². The minimum Gasteiger partial charge on any atom is -0.439 e. The average Bonchev–Trinajstić information content (AvgIpc) is 2.50. The lowest BCUT2D eigenvalue weighted by atomic mass is 9.81. The van der Waals surface area contributed by atoms with Gasteiger partial charge in [-0.2, -0.15) is 0 Å². The van der Waals surface area contributed by atoms with Gasteiger partial charge in [-0.25, -0.2) is 0 Å². The number of benzene rings is 1. The molecule has 0 atom stereocenters. The predicted molar refractivity (Wildman–Crippen MR) is 105 cm³/mol. The molecular weight excluding hydrogens is 397 g/mol. The summed E-state index contributed by atoms with van der Waals surface area (Å²) in [4.78, 5) is 0. The molecule has 2 aliphatic rings. The Morgan fingerprint density at radius 1 is 1.17 bits per heavy atom. The highest BCUT2D eigenvalue weighted by atomic mass is 127. The fourth-order valence-electron chi connectivity index (χ4n) is 4.17. The summed E-state index contributed by atoms with van der Waals surface area (Å²) < 4.78 is 9.03. The van der Waals surface area contributed by atoms with Crippen LogP contribution in [0.2, 0.25) is 0 Å². The molecule has 0 bridgehead atoms. The maximum Gasteiger partial charge on any atom is 0.243 e. The monoisotopic (exact) mass is 428 g/mol. The van der Waals surface area contributed by atoms with Gasteiger partial charge in [0.2, 0.25) is 5.72 Å². The Bertz CT molecular complexity index is 600. The summed E-state index contributed by atoms with van der Waals surface area (Å²) >= 11 is 2.48. The summed E-state index contributed by atoms with van der Waals surface area (Å²) in [5, 5.41) is 0. The van der Waals surface area contributed by atoms with E-state index in [0.717, 1.165) is 17.4 Å². The summed E-state index contributed by atoms with van der Waals surface area (Å²) in [5.41, 5.74) is 3.07. The number of halogens is 1. The molecule has 1 spiro atoms. The first-order chi connectivity index (χ1) is 10.7. The molecule has 1 aliphatic heterocycles. The number of nitrogens with zero attached hydrogens (tertiary/aromatic N) is 1. The quantitative estimate of drug-likeness (QED) is 0.440. The van der Waals surface area contributed by atoms with E-state index >= 15 is 0 Å². The third-order valence-corrected chi connectivity index (χ3v) is 7.18. The molecule has 1 aliphatic carbocycles. The van der Waals surface area contributed by atoms with Crippen molar-refractivity contribution in [3.8, 4) is 5.75 Å². The SMILES string of the molecule is CCC(C)(C)c1cc(I)c2c(c1)C[N+](C)(C)C1(CCCCC1)O2. The van der Waals surface area contributed by atoms with Crippen LogP contribution in [0.3, 0.4) is 0 Å². The topological polar surface area (TPSA) is 9.23 Å². The minimum absolute atomic E-state index is 0.00698. The van der Waals surface area contributed by atoms with Crippen LogP contribution in [0.25, 0.3) is 0 Å². The standard InChI is InChI=1S/C20H31INO/c1-6-19(2,3)16-12-15-14-22(4,5)20(10-8-7-9-11-20)23-18(15)17(21)13-16/h12-13H,6-11,14H2,1-5H3/q+1. The first-order valence-electron chi connectivity index (χ1n) is 9.06. The number of rotatable bonds is 2. The molecular formula is C20H31INO+. The van der Waals surface area contributed by atoms with Crippen LogP contribution in [0.5, 0.6) is 5.75 Å². The molecule has 0 amide bonds. The zero-order chi connectivity index (χ0) is 16.9. The molecule has 23 heavy (non-hydrogen) atoms. The second-order valence-electron chi connectivity index (χ2n) is 8.64. The first kappa shape index (κ1) is 17.5. The van der Waals surface area contributed by atoms with Crippen molar-refractivity contribution < 1.29 is 9.22 Å². The van der Waals surface area contributed by atoms with Crippen molar-refractivity contribution in [2.24, 2.45) is 0 Å². The maximum absolute atomic E-state index is 6.77. The van der Waals surface area contributed by atoms with E-state index in [-0.39, 0.29) is 11.1 Å². The van der Waals surface area contributed by atoms with E-state index in [1.165, 1.54) is 52.6 Å². The lowest BCUT2D eigenvalue weighted by Crippen LogP contribution is -2.65. The second kappa shape index (κ2) is 5.91. The van der Waals surface area contributed by atoms with Crippen LogP contribution in [0, 0.1) is 3.57 Å². The summed E-state index contributed by atoms with van der Waals surface area (Å²) in [6.45, 7) is 8.05. The van der Waals surface area contributed by atoms with Crippen LogP contribution in [-0.2, 0) is 12.0 Å². The van der Waals surface area contributed by atoms with Gasteiger partial charge in [0.1, 0.15) is 12.3 Å². The Balaban J connectivity index is 2.05. The molecule has 3 rings (SSSR count). The van der Waals surface area contributed by atoms with Crippen molar-refractivity contribution in [2.75, 3.05) is 14.1 Å². The average molecular weight is 428 g/mol. The van der Waals surface area contributed by atoms with Crippen LogP contribution in [0.15, 0.2) is 12.1 Å². The van der Waals surface area contributed by atoms with Gasteiger partial charge in [-0.05, 0) is 65.0 Å². The lowest BCUT2D eigenvalue weighted by Gasteiger charge is -2.53. The molecule has 0 unspecified atom stereocenters. The summed E-state index contributed by atoms with van der Waals surface area (Å²) in [6.07, 6.45) is 7.50. The molecule has 128 valence electrons. The molecule has 1 aromatic carbocycles. The van der Waals surface area contributed by atoms with E-state index in [9.17, 15) is 0 Å². The largest absolute Gasteiger partial charge is 0.439 e. The third-order valence-electron chi connectivity index (χ3n) is 6.38. The van der Waals surface area contributed by atoms with Crippen molar-refractivity contribution in [1.82, 2.24) is 0 Å². The van der Waals surface area contributed by atoms with Gasteiger partial charge in [0.25, 0.3) is 0 Å². The van der Waals surface area contributed by atoms with E-state index in [0.29, 0.717) is 0 Å². The number of fused-ring (bicyclic) bond motifs is 1. The zero-order valence-corrected chi connectivity index (χ0v) is 17.5. The molecule has 1 heterocycles. The van der Waals surface area contributed by atoms with Crippen LogP contribution in [0.1, 0.15) is 70.4 Å². The van der Waals surface area contributed by atoms with Crippen molar-refractivity contribution >= 4 is 22.6 Å². The second-order valence-corrected chi connectivity index (χ2v) is 9.80. The fourth-order valence-corrected chi connectivity index (χ4v) is 4.96. The first-order valence-corrected chi connectivity index (χ1v) is 10.1. The van der Waals surface area contributed by atoms with E-state index in [1.54, 1.807) is 0 Å². The fraction of sp³-hybridized carbons (Fsp3) is 0.700. The number of ether oxygens (including phenoxy) is 1. The normalized spacial score (nSPS) is 22.5. The van der Waals surface area contributed by atoms with Gasteiger partial charge >= 0.3 is 0 Å². The molecule has 0 aromatic heterocycles. The summed E-state index contributed by atoms with van der Waals surface area (Å²) in [5.74, 6) is 1.17. The maximum atomic E-state index is 6.77. The molecule has 1 saturated carbocycles. The van der Waals surface area contributed by atoms with Crippen molar-refractivity contribution in [1.29, 1.82) is 0 Å². The van der Waals surface area contributed by atoms with E-state index in [1.807, 2.05) is 0 Å². The van der Waals surface area contributed by atoms with Crippen molar-refractivity contribution in [2.45, 2.75) is 77.0 Å². The molecule has 0 radical (unpaired) electrons. The van der Waals surface area contributed by atoms with Gasteiger partial charge in [0.15, 0.2) is 0 Å². The highest BCUT2D eigenvalue weighted by Gasteiger charge is 2.52. The van der Waals surface area contributed by atoms with Gasteiger partial charge in [0, 0.05) is 12.8 Å². The Morgan fingerprint density at radius 2 is 1.83 bits per heavy atom. The van der Waals surface area contributed by atoms with Crippen LogP contribution in [-0.4, -0.2) is 24.3 Å². The van der Waals surface area contributed by atoms with E-state index in [2.05, 4.69) is 69.6 Å².